The van der Waals surface area contributed by atoms with Gasteiger partial charge in [0.05, 0.1) is 5.56 Å². The summed E-state index contributed by atoms with van der Waals surface area (Å²) in [6.45, 7) is 12.1. The molecule has 0 aliphatic carbocycles. The van der Waals surface area contributed by atoms with Crippen molar-refractivity contribution in [3.63, 3.8) is 0 Å². The predicted molar refractivity (Wildman–Crippen MR) is 145 cm³/mol. The third kappa shape index (κ3) is 3.70. The summed E-state index contributed by atoms with van der Waals surface area (Å²) in [7, 11) is 0. The average Bonchev–Trinajstić information content (AvgIpc) is 3.35. The summed E-state index contributed by atoms with van der Waals surface area (Å²) in [6, 6.07) is 21.5. The number of hydrogen-bond donors (Lipinski definition) is 0. The Bertz CT molecular complexity index is 1520. The SMILES string of the molecule is CCN(CC)c1ccc(C2(c3c(C)n(CC)c4ccccc34)OC(=O)c3ccccc32)c(OC(C)=O)c1. The molecule has 1 aliphatic heterocycles. The monoisotopic (exact) mass is 496 g/mol. The number of aromatic nitrogens is 1. The molecule has 0 bridgehead atoms. The van der Waals surface area contributed by atoms with Gasteiger partial charge in [-0.1, -0.05) is 36.4 Å². The van der Waals surface area contributed by atoms with Crippen molar-refractivity contribution in [1.29, 1.82) is 0 Å². The van der Waals surface area contributed by atoms with Crippen molar-refractivity contribution in [2.45, 2.75) is 46.8 Å². The molecule has 0 amide bonds. The summed E-state index contributed by atoms with van der Waals surface area (Å²) in [5.41, 5.74) is 4.46. The Morgan fingerprint density at radius 2 is 1.68 bits per heavy atom. The van der Waals surface area contributed by atoms with E-state index in [1.54, 1.807) is 6.07 Å². The number of para-hydroxylation sites is 1. The summed E-state index contributed by atoms with van der Waals surface area (Å²) in [5, 5.41) is 0.993. The fourth-order valence-electron chi connectivity index (χ4n) is 5.85. The lowest BCUT2D eigenvalue weighted by atomic mass is 9.78. The number of esters is 2. The van der Waals surface area contributed by atoms with Crippen molar-refractivity contribution in [3.05, 3.63) is 94.7 Å². The lowest BCUT2D eigenvalue weighted by Gasteiger charge is -2.33. The van der Waals surface area contributed by atoms with E-state index in [1.165, 1.54) is 6.92 Å². The normalized spacial score (nSPS) is 16.5. The smallest absolute Gasteiger partial charge is 0.340 e. The van der Waals surface area contributed by atoms with Crippen molar-refractivity contribution < 1.29 is 19.1 Å². The Morgan fingerprint density at radius 1 is 0.973 bits per heavy atom. The molecule has 5 rings (SSSR count). The summed E-state index contributed by atoms with van der Waals surface area (Å²) in [4.78, 5) is 27.9. The highest BCUT2D eigenvalue weighted by Gasteiger charge is 2.52. The maximum absolute atomic E-state index is 13.4. The number of benzene rings is 3. The number of nitrogens with zero attached hydrogens (tertiary/aromatic N) is 2. The number of ether oxygens (including phenoxy) is 2. The largest absolute Gasteiger partial charge is 0.440 e. The lowest BCUT2D eigenvalue weighted by Crippen LogP contribution is -2.32. The molecule has 6 heteroatoms. The zero-order valence-corrected chi connectivity index (χ0v) is 22.0. The van der Waals surface area contributed by atoms with Crippen molar-refractivity contribution in [3.8, 4) is 5.75 Å². The second-order valence-corrected chi connectivity index (χ2v) is 9.28. The topological polar surface area (TPSA) is 60.8 Å². The predicted octanol–water partition coefficient (Wildman–Crippen LogP) is 6.20. The van der Waals surface area contributed by atoms with Gasteiger partial charge in [-0.2, -0.15) is 0 Å². The Hall–Kier alpha value is -4.06. The molecule has 0 radical (unpaired) electrons. The van der Waals surface area contributed by atoms with Crippen molar-refractivity contribution in [2.75, 3.05) is 18.0 Å². The molecule has 2 heterocycles. The highest BCUT2D eigenvalue weighted by atomic mass is 16.6. The number of rotatable bonds is 7. The van der Waals surface area contributed by atoms with E-state index in [4.69, 9.17) is 9.47 Å². The molecule has 190 valence electrons. The van der Waals surface area contributed by atoms with Gasteiger partial charge < -0.3 is 18.9 Å². The number of hydrogen-bond acceptors (Lipinski definition) is 5. The van der Waals surface area contributed by atoms with Gasteiger partial charge in [-0.25, -0.2) is 4.79 Å². The fraction of sp³-hybridized carbons (Fsp3) is 0.290. The summed E-state index contributed by atoms with van der Waals surface area (Å²) in [6.07, 6.45) is 0. The Kier molecular flexibility index (Phi) is 6.28. The zero-order valence-electron chi connectivity index (χ0n) is 22.0. The average molecular weight is 497 g/mol. The van der Waals surface area contributed by atoms with Crippen LogP contribution in [0.1, 0.15) is 60.4 Å². The highest BCUT2D eigenvalue weighted by molar-refractivity contribution is 5.99. The first kappa shape index (κ1) is 24.6. The summed E-state index contributed by atoms with van der Waals surface area (Å²) in [5.74, 6) is -0.447. The van der Waals surface area contributed by atoms with E-state index in [-0.39, 0.29) is 0 Å². The van der Waals surface area contributed by atoms with Crippen LogP contribution in [0.25, 0.3) is 10.9 Å². The number of carbonyl (C=O) groups is 2. The van der Waals surface area contributed by atoms with Crippen LogP contribution >= 0.6 is 0 Å². The van der Waals surface area contributed by atoms with E-state index in [0.29, 0.717) is 16.9 Å². The molecule has 1 atom stereocenters. The summed E-state index contributed by atoms with van der Waals surface area (Å²) < 4.78 is 14.5. The standard InChI is InChI=1S/C31H32N2O4/c1-6-32(7-2)22-17-18-26(28(19-22)36-21(5)34)31(25-15-11-9-13-23(25)30(35)37-31)29-20(4)33(8-3)27-16-12-10-14-24(27)29/h9-19H,6-8H2,1-5H3. The van der Waals surface area contributed by atoms with Crippen LogP contribution in [0.5, 0.6) is 5.75 Å². The van der Waals surface area contributed by atoms with Crippen LogP contribution in [0.3, 0.4) is 0 Å². The van der Waals surface area contributed by atoms with Gasteiger partial charge in [0, 0.05) is 71.6 Å². The second-order valence-electron chi connectivity index (χ2n) is 9.28. The van der Waals surface area contributed by atoms with E-state index in [9.17, 15) is 9.59 Å². The Labute approximate surface area is 217 Å². The minimum Gasteiger partial charge on any atom is -0.440 e. The van der Waals surface area contributed by atoms with E-state index in [1.807, 2.05) is 48.5 Å². The van der Waals surface area contributed by atoms with Crippen LogP contribution in [-0.4, -0.2) is 29.6 Å². The molecule has 1 aromatic heterocycles. The van der Waals surface area contributed by atoms with Gasteiger partial charge in [0.15, 0.2) is 5.60 Å². The molecule has 1 aliphatic rings. The van der Waals surface area contributed by atoms with E-state index in [0.717, 1.165) is 53.0 Å². The molecule has 3 aromatic carbocycles. The lowest BCUT2D eigenvalue weighted by molar-refractivity contribution is -0.132. The van der Waals surface area contributed by atoms with Gasteiger partial charge in [0.1, 0.15) is 5.75 Å². The first-order valence-electron chi connectivity index (χ1n) is 12.9. The maximum atomic E-state index is 13.4. The molecule has 37 heavy (non-hydrogen) atoms. The van der Waals surface area contributed by atoms with Crippen LogP contribution in [0.2, 0.25) is 0 Å². The molecule has 0 fully saturated rings. The van der Waals surface area contributed by atoms with Gasteiger partial charge in [-0.05, 0) is 52.0 Å². The first-order valence-corrected chi connectivity index (χ1v) is 12.9. The van der Waals surface area contributed by atoms with Crippen LogP contribution in [0, 0.1) is 6.92 Å². The molecule has 4 aromatic rings. The van der Waals surface area contributed by atoms with Gasteiger partial charge in [0.25, 0.3) is 0 Å². The van der Waals surface area contributed by atoms with Gasteiger partial charge in [-0.3, -0.25) is 4.79 Å². The third-order valence-electron chi connectivity index (χ3n) is 7.40. The number of fused-ring (bicyclic) bond motifs is 2. The fourth-order valence-corrected chi connectivity index (χ4v) is 5.85. The number of aryl methyl sites for hydroxylation is 1. The quantitative estimate of drug-likeness (QED) is 0.225. The second kappa shape index (κ2) is 9.43. The molecule has 0 N–H and O–H groups in total. The molecular formula is C31H32N2O4. The molecular weight excluding hydrogens is 464 g/mol. The van der Waals surface area contributed by atoms with Crippen molar-refractivity contribution in [2.24, 2.45) is 0 Å². The van der Waals surface area contributed by atoms with Crippen LogP contribution in [-0.2, 0) is 21.7 Å². The Balaban J connectivity index is 1.92. The minimum atomic E-state index is -1.29. The van der Waals surface area contributed by atoms with Crippen LogP contribution in [0.15, 0.2) is 66.7 Å². The third-order valence-corrected chi connectivity index (χ3v) is 7.40. The molecule has 0 spiro atoms. The van der Waals surface area contributed by atoms with Gasteiger partial charge >= 0.3 is 11.9 Å². The Morgan fingerprint density at radius 3 is 2.38 bits per heavy atom. The molecule has 0 saturated heterocycles. The van der Waals surface area contributed by atoms with E-state index >= 15 is 0 Å². The highest BCUT2D eigenvalue weighted by Crippen LogP contribution is 2.53. The van der Waals surface area contributed by atoms with Crippen molar-refractivity contribution >= 4 is 28.5 Å². The van der Waals surface area contributed by atoms with E-state index in [2.05, 4.69) is 49.3 Å². The number of anilines is 1. The van der Waals surface area contributed by atoms with Gasteiger partial charge in [-0.15, -0.1) is 0 Å². The van der Waals surface area contributed by atoms with Crippen LogP contribution in [0.4, 0.5) is 5.69 Å². The maximum Gasteiger partial charge on any atom is 0.340 e. The van der Waals surface area contributed by atoms with Crippen molar-refractivity contribution in [1.82, 2.24) is 4.57 Å². The summed E-state index contributed by atoms with van der Waals surface area (Å²) >= 11 is 0. The molecule has 6 nitrogen and oxygen atoms in total. The molecule has 1 unspecified atom stereocenters. The van der Waals surface area contributed by atoms with Gasteiger partial charge in [0.2, 0.25) is 0 Å². The number of cyclic esters (lactones) is 1. The van der Waals surface area contributed by atoms with E-state index < -0.39 is 17.5 Å². The first-order chi connectivity index (χ1) is 17.9. The minimum absolute atomic E-state index is 0.383. The number of carbonyl (C=O) groups excluding carboxylic acids is 2. The zero-order chi connectivity index (χ0) is 26.3. The molecule has 0 saturated carbocycles. The van der Waals surface area contributed by atoms with Crippen LogP contribution < -0.4 is 9.64 Å².